The number of hydrogen-bond acceptors (Lipinski definition) is 2. The van der Waals surface area contributed by atoms with Gasteiger partial charge in [-0.05, 0) is 68.4 Å². The van der Waals surface area contributed by atoms with E-state index in [0.29, 0.717) is 17.8 Å². The molecule has 4 rings (SSSR count). The van der Waals surface area contributed by atoms with Crippen LogP contribution in [0.4, 0.5) is 0 Å². The number of aliphatic hydroxyl groups excluding tert-OH is 1. The third-order valence-electron chi connectivity index (χ3n) is 6.91. The number of hydrogen-bond donors (Lipinski definition) is 1. The summed E-state index contributed by atoms with van der Waals surface area (Å²) in [4.78, 5) is 11.7. The van der Waals surface area contributed by atoms with Gasteiger partial charge in [0.1, 0.15) is 0 Å². The lowest BCUT2D eigenvalue weighted by Gasteiger charge is -2.55. The summed E-state index contributed by atoms with van der Waals surface area (Å²) in [5, 5.41) is 10.4. The molecule has 0 amide bonds. The second-order valence-corrected chi connectivity index (χ2v) is 9.67. The predicted octanol–water partition coefficient (Wildman–Crippen LogP) is 4.85. The van der Waals surface area contributed by atoms with Crippen LogP contribution in [-0.2, 0) is 4.79 Å². The summed E-state index contributed by atoms with van der Waals surface area (Å²) in [6.45, 7) is 6.34. The van der Waals surface area contributed by atoms with E-state index in [0.717, 1.165) is 19.3 Å². The minimum absolute atomic E-state index is 0.0857. The van der Waals surface area contributed by atoms with Crippen LogP contribution in [0, 0.1) is 23.2 Å². The molecule has 128 valence electrons. The maximum atomic E-state index is 11.7. The Bertz CT molecular complexity index is 552. The molecule has 0 aromatic carbocycles. The molecule has 0 aromatic rings. The molecule has 3 heteroatoms. The zero-order chi connectivity index (χ0) is 16.8. The van der Waals surface area contributed by atoms with E-state index in [1.54, 1.807) is 6.08 Å². The average molecular weight is 428 g/mol. The number of rotatable bonds is 0. The number of fused-ring (bicyclic) bond motifs is 5. The third kappa shape index (κ3) is 2.57. The molecule has 3 fully saturated rings. The predicted molar refractivity (Wildman–Crippen MR) is 103 cm³/mol. The first-order valence-corrected chi connectivity index (χ1v) is 10.3. The van der Waals surface area contributed by atoms with E-state index in [4.69, 9.17) is 0 Å². The molecule has 0 radical (unpaired) electrons. The molecular formula is C20H29IO2. The van der Waals surface area contributed by atoms with E-state index in [1.807, 2.05) is 19.9 Å². The van der Waals surface area contributed by atoms with Gasteiger partial charge in [-0.15, -0.1) is 0 Å². The highest BCUT2D eigenvalue weighted by Gasteiger charge is 2.59. The molecule has 4 aliphatic carbocycles. The van der Waals surface area contributed by atoms with Gasteiger partial charge in [-0.1, -0.05) is 55.0 Å². The summed E-state index contributed by atoms with van der Waals surface area (Å²) in [5.41, 5.74) is 1.44. The number of carbonyl (C=O) groups excluding carboxylic acids is 1. The largest absolute Gasteiger partial charge is 0.392 e. The summed E-state index contributed by atoms with van der Waals surface area (Å²) in [6.07, 6.45) is 12.5. The van der Waals surface area contributed by atoms with Crippen molar-refractivity contribution in [3.63, 3.8) is 0 Å². The monoisotopic (exact) mass is 428 g/mol. The van der Waals surface area contributed by atoms with E-state index in [2.05, 4.69) is 35.6 Å². The fourth-order valence-electron chi connectivity index (χ4n) is 5.77. The SMILES string of the molecule is CC.CC12C=CC(=O)C=C1CCC1C2CC[C@]2(I)C(O)CCC12. The molecule has 0 saturated heterocycles. The molecule has 6 atom stereocenters. The quantitative estimate of drug-likeness (QED) is 0.443. The molecule has 0 aromatic heterocycles. The normalized spacial score (nSPS) is 47.7. The van der Waals surface area contributed by atoms with Crippen LogP contribution >= 0.6 is 22.6 Å². The van der Waals surface area contributed by atoms with Gasteiger partial charge in [0, 0.05) is 5.41 Å². The first kappa shape index (κ1) is 17.7. The van der Waals surface area contributed by atoms with Crippen LogP contribution in [-0.4, -0.2) is 20.4 Å². The molecule has 5 unspecified atom stereocenters. The van der Waals surface area contributed by atoms with Crippen LogP contribution in [0.25, 0.3) is 0 Å². The third-order valence-corrected chi connectivity index (χ3v) is 8.97. The zero-order valence-electron chi connectivity index (χ0n) is 14.5. The Hall–Kier alpha value is -0.160. The van der Waals surface area contributed by atoms with Crippen molar-refractivity contribution < 1.29 is 9.90 Å². The van der Waals surface area contributed by atoms with Crippen molar-refractivity contribution in [1.29, 1.82) is 0 Å². The van der Waals surface area contributed by atoms with Gasteiger partial charge >= 0.3 is 0 Å². The van der Waals surface area contributed by atoms with Crippen LogP contribution in [0.15, 0.2) is 23.8 Å². The summed E-state index contributed by atoms with van der Waals surface area (Å²) in [5.74, 6) is 2.19. The van der Waals surface area contributed by atoms with E-state index in [9.17, 15) is 9.90 Å². The standard InChI is InChI=1S/C18H23IO2.C2H6/c1-17-8-6-12(20)10-11(17)2-3-13-14(17)7-9-18(19)15(13)4-5-16(18)21;1-2/h6,8,10,13-16,21H,2-5,7,9H2,1H3;1-2H3/t13?,14?,15?,16?,17?,18-;/m1./s1. The van der Waals surface area contributed by atoms with Gasteiger partial charge in [0.2, 0.25) is 0 Å². The second-order valence-electron chi connectivity index (χ2n) is 7.66. The Morgan fingerprint density at radius 3 is 2.65 bits per heavy atom. The number of halogens is 1. The van der Waals surface area contributed by atoms with Crippen molar-refractivity contribution in [3.05, 3.63) is 23.8 Å². The molecule has 1 N–H and O–H groups in total. The fourth-order valence-corrected chi connectivity index (χ4v) is 7.16. The smallest absolute Gasteiger partial charge is 0.178 e. The maximum absolute atomic E-state index is 11.7. The van der Waals surface area contributed by atoms with Crippen molar-refractivity contribution in [1.82, 2.24) is 0 Å². The van der Waals surface area contributed by atoms with Crippen molar-refractivity contribution >= 4 is 28.4 Å². The molecule has 4 aliphatic rings. The van der Waals surface area contributed by atoms with E-state index in [1.165, 1.54) is 24.8 Å². The number of aliphatic hydroxyl groups is 1. The van der Waals surface area contributed by atoms with Crippen molar-refractivity contribution in [3.8, 4) is 0 Å². The molecule has 3 saturated carbocycles. The van der Waals surface area contributed by atoms with Gasteiger partial charge in [0.15, 0.2) is 5.78 Å². The zero-order valence-corrected chi connectivity index (χ0v) is 16.7. The lowest BCUT2D eigenvalue weighted by Crippen LogP contribution is -2.52. The summed E-state index contributed by atoms with van der Waals surface area (Å²) in [7, 11) is 0. The Balaban J connectivity index is 0.000000753. The molecule has 0 aliphatic heterocycles. The molecule has 0 bridgehead atoms. The summed E-state index contributed by atoms with van der Waals surface area (Å²) in [6, 6.07) is 0. The van der Waals surface area contributed by atoms with Gasteiger partial charge in [-0.25, -0.2) is 0 Å². The summed E-state index contributed by atoms with van der Waals surface area (Å²) < 4.78 is 0.116. The second kappa shape index (κ2) is 6.29. The lowest BCUT2D eigenvalue weighted by atomic mass is 9.51. The van der Waals surface area contributed by atoms with Crippen LogP contribution < -0.4 is 0 Å². The van der Waals surface area contributed by atoms with Gasteiger partial charge in [0.05, 0.1) is 9.53 Å². The van der Waals surface area contributed by atoms with Crippen LogP contribution in [0.1, 0.15) is 59.3 Å². The van der Waals surface area contributed by atoms with Gasteiger partial charge < -0.3 is 5.11 Å². The lowest BCUT2D eigenvalue weighted by molar-refractivity contribution is -0.110. The van der Waals surface area contributed by atoms with E-state index < -0.39 is 0 Å². The van der Waals surface area contributed by atoms with Gasteiger partial charge in [0.25, 0.3) is 0 Å². The molecule has 0 spiro atoms. The number of allylic oxidation sites excluding steroid dienone is 4. The minimum atomic E-state index is -0.114. The highest BCUT2D eigenvalue weighted by molar-refractivity contribution is 14.1. The Kier molecular flexibility index (Phi) is 4.83. The Morgan fingerprint density at radius 1 is 1.17 bits per heavy atom. The number of alkyl halides is 1. The first-order valence-electron chi connectivity index (χ1n) is 9.26. The van der Waals surface area contributed by atoms with E-state index >= 15 is 0 Å². The molecule has 0 heterocycles. The molecular weight excluding hydrogens is 399 g/mol. The number of carbonyl (C=O) groups is 1. The van der Waals surface area contributed by atoms with Gasteiger partial charge in [-0.2, -0.15) is 0 Å². The van der Waals surface area contributed by atoms with Crippen molar-refractivity contribution in [2.45, 2.75) is 68.8 Å². The number of ketones is 1. The molecule has 2 nitrogen and oxygen atoms in total. The summed E-state index contributed by atoms with van der Waals surface area (Å²) >= 11 is 2.58. The highest BCUT2D eigenvalue weighted by atomic mass is 127. The Morgan fingerprint density at radius 2 is 1.91 bits per heavy atom. The molecule has 23 heavy (non-hydrogen) atoms. The first-order chi connectivity index (χ1) is 10.9. The van der Waals surface area contributed by atoms with Crippen LogP contribution in [0.2, 0.25) is 0 Å². The van der Waals surface area contributed by atoms with Crippen LogP contribution in [0.5, 0.6) is 0 Å². The highest BCUT2D eigenvalue weighted by Crippen LogP contribution is 2.63. The van der Waals surface area contributed by atoms with E-state index in [-0.39, 0.29) is 20.7 Å². The topological polar surface area (TPSA) is 37.3 Å². The van der Waals surface area contributed by atoms with Crippen molar-refractivity contribution in [2.24, 2.45) is 23.2 Å². The van der Waals surface area contributed by atoms with Crippen molar-refractivity contribution in [2.75, 3.05) is 0 Å². The van der Waals surface area contributed by atoms with Gasteiger partial charge in [-0.3, -0.25) is 4.79 Å². The van der Waals surface area contributed by atoms with Crippen LogP contribution in [0.3, 0.4) is 0 Å². The minimum Gasteiger partial charge on any atom is -0.392 e. The fraction of sp³-hybridized carbons (Fsp3) is 0.750. The maximum Gasteiger partial charge on any atom is 0.178 e. The Labute approximate surface area is 153 Å². The average Bonchev–Trinajstić information content (AvgIpc) is 2.86.